The van der Waals surface area contributed by atoms with E-state index in [1.807, 2.05) is 69.3 Å². The molecule has 2 rings (SSSR count). The van der Waals surface area contributed by atoms with E-state index in [0.717, 1.165) is 22.6 Å². The Labute approximate surface area is 200 Å². The predicted molar refractivity (Wildman–Crippen MR) is 132 cm³/mol. The number of halogens is 1. The van der Waals surface area contributed by atoms with Crippen LogP contribution in [0.5, 0.6) is 5.75 Å². The van der Waals surface area contributed by atoms with E-state index in [4.69, 9.17) is 16.3 Å². The third-order valence-corrected chi connectivity index (χ3v) is 6.54. The molecule has 0 aliphatic carbocycles. The summed E-state index contributed by atoms with van der Waals surface area (Å²) in [6.45, 7) is 6.30. The van der Waals surface area contributed by atoms with Crippen LogP contribution in [0.25, 0.3) is 0 Å². The molecule has 0 aliphatic rings. The molecule has 0 aromatic heterocycles. The fourth-order valence-corrected chi connectivity index (χ4v) is 4.23. The SMILES string of the molecule is CC[C@@H](C)NC(=O)[C@@H](CC)N(Cc1cccc(OC)c1)C(=O)CCSc1ccc(Cl)cc1. The number of nitrogens with one attached hydrogen (secondary N) is 1. The molecule has 2 atom stereocenters. The van der Waals surface area contributed by atoms with E-state index in [-0.39, 0.29) is 17.9 Å². The van der Waals surface area contributed by atoms with Crippen LogP contribution in [0, 0.1) is 0 Å². The number of nitrogens with zero attached hydrogens (tertiary/aromatic N) is 1. The lowest BCUT2D eigenvalue weighted by Gasteiger charge is -2.31. The lowest BCUT2D eigenvalue weighted by atomic mass is 10.1. The highest BCUT2D eigenvalue weighted by molar-refractivity contribution is 7.99. The molecular formula is C25H33ClN2O3S. The maximum absolute atomic E-state index is 13.3. The zero-order valence-corrected chi connectivity index (χ0v) is 20.8. The molecule has 0 saturated heterocycles. The van der Waals surface area contributed by atoms with E-state index in [1.165, 1.54) is 0 Å². The molecule has 0 radical (unpaired) electrons. The van der Waals surface area contributed by atoms with Gasteiger partial charge < -0.3 is 15.0 Å². The molecule has 0 spiro atoms. The summed E-state index contributed by atoms with van der Waals surface area (Å²) in [6, 6.07) is 14.7. The predicted octanol–water partition coefficient (Wildman–Crippen LogP) is 5.55. The molecule has 32 heavy (non-hydrogen) atoms. The minimum absolute atomic E-state index is 0.0413. The summed E-state index contributed by atoms with van der Waals surface area (Å²) >= 11 is 7.55. The van der Waals surface area contributed by atoms with Crippen molar-refractivity contribution in [2.24, 2.45) is 0 Å². The standard InChI is InChI=1S/C25H33ClN2O3S/c1-5-18(3)27-25(30)23(6-2)28(17-19-8-7-9-21(16-19)31-4)24(29)14-15-32-22-12-10-20(26)11-13-22/h7-13,16,18,23H,5-6,14-15,17H2,1-4H3,(H,27,30)/t18-,23-/m1/s1. The maximum atomic E-state index is 13.3. The summed E-state index contributed by atoms with van der Waals surface area (Å²) in [5, 5.41) is 3.72. The average molecular weight is 477 g/mol. The van der Waals surface area contributed by atoms with E-state index < -0.39 is 6.04 Å². The van der Waals surface area contributed by atoms with Crippen molar-refractivity contribution in [3.8, 4) is 5.75 Å². The average Bonchev–Trinajstić information content (AvgIpc) is 2.80. The van der Waals surface area contributed by atoms with Crippen LogP contribution in [0.4, 0.5) is 0 Å². The fraction of sp³-hybridized carbons (Fsp3) is 0.440. The first kappa shape index (κ1) is 26.1. The molecule has 7 heteroatoms. The first-order valence-corrected chi connectivity index (χ1v) is 12.3. The Kier molecular flexibility index (Phi) is 10.9. The zero-order valence-electron chi connectivity index (χ0n) is 19.3. The van der Waals surface area contributed by atoms with Crippen molar-refractivity contribution in [2.75, 3.05) is 12.9 Å². The van der Waals surface area contributed by atoms with Crippen LogP contribution in [0.2, 0.25) is 5.02 Å². The first-order valence-electron chi connectivity index (χ1n) is 11.0. The minimum Gasteiger partial charge on any atom is -0.497 e. The van der Waals surface area contributed by atoms with Crippen molar-refractivity contribution in [1.29, 1.82) is 0 Å². The number of carbonyl (C=O) groups excluding carboxylic acids is 2. The molecule has 2 aromatic rings. The lowest BCUT2D eigenvalue weighted by Crippen LogP contribution is -2.50. The van der Waals surface area contributed by atoms with Crippen LogP contribution in [-0.2, 0) is 16.1 Å². The molecule has 2 aromatic carbocycles. The van der Waals surface area contributed by atoms with Crippen LogP contribution in [0.15, 0.2) is 53.4 Å². The van der Waals surface area contributed by atoms with Crippen molar-refractivity contribution in [1.82, 2.24) is 10.2 Å². The summed E-state index contributed by atoms with van der Waals surface area (Å²) in [6.07, 6.45) is 1.72. The van der Waals surface area contributed by atoms with Gasteiger partial charge in [0.2, 0.25) is 11.8 Å². The Balaban J connectivity index is 2.15. The zero-order chi connectivity index (χ0) is 23.5. The molecule has 2 amide bonds. The van der Waals surface area contributed by atoms with Crippen molar-refractivity contribution in [3.05, 3.63) is 59.1 Å². The number of ether oxygens (including phenoxy) is 1. The molecule has 0 saturated carbocycles. The molecular weight excluding hydrogens is 444 g/mol. The second-order valence-corrected chi connectivity index (χ2v) is 9.27. The first-order chi connectivity index (χ1) is 15.4. The van der Waals surface area contributed by atoms with Gasteiger partial charge in [0.15, 0.2) is 0 Å². The van der Waals surface area contributed by atoms with Gasteiger partial charge in [-0.05, 0) is 61.7 Å². The number of hydrogen-bond acceptors (Lipinski definition) is 4. The molecule has 0 fully saturated rings. The van der Waals surface area contributed by atoms with E-state index in [1.54, 1.807) is 23.8 Å². The van der Waals surface area contributed by atoms with Gasteiger partial charge in [0.25, 0.3) is 0 Å². The second kappa shape index (κ2) is 13.4. The number of benzene rings is 2. The van der Waals surface area contributed by atoms with E-state index in [2.05, 4.69) is 5.32 Å². The highest BCUT2D eigenvalue weighted by atomic mass is 35.5. The van der Waals surface area contributed by atoms with Crippen LogP contribution in [0.1, 0.15) is 45.6 Å². The van der Waals surface area contributed by atoms with Gasteiger partial charge in [0.05, 0.1) is 7.11 Å². The Morgan fingerprint density at radius 1 is 1.12 bits per heavy atom. The van der Waals surface area contributed by atoms with Gasteiger partial charge in [-0.1, -0.05) is 37.6 Å². The van der Waals surface area contributed by atoms with Gasteiger partial charge in [0.1, 0.15) is 11.8 Å². The largest absolute Gasteiger partial charge is 0.497 e. The fourth-order valence-electron chi connectivity index (χ4n) is 3.26. The number of thioether (sulfide) groups is 1. The summed E-state index contributed by atoms with van der Waals surface area (Å²) in [4.78, 5) is 29.0. The number of rotatable bonds is 12. The lowest BCUT2D eigenvalue weighted by molar-refractivity contribution is -0.141. The summed E-state index contributed by atoms with van der Waals surface area (Å²) in [5.74, 6) is 1.20. The monoisotopic (exact) mass is 476 g/mol. The highest BCUT2D eigenvalue weighted by Crippen LogP contribution is 2.23. The number of amides is 2. The van der Waals surface area contributed by atoms with E-state index >= 15 is 0 Å². The number of hydrogen-bond donors (Lipinski definition) is 1. The van der Waals surface area contributed by atoms with E-state index in [9.17, 15) is 9.59 Å². The minimum atomic E-state index is -0.525. The Bertz CT molecular complexity index is 876. The maximum Gasteiger partial charge on any atom is 0.243 e. The number of carbonyl (C=O) groups is 2. The second-order valence-electron chi connectivity index (χ2n) is 7.67. The topological polar surface area (TPSA) is 58.6 Å². The van der Waals surface area contributed by atoms with Gasteiger partial charge in [0, 0.05) is 34.7 Å². The molecule has 1 N–H and O–H groups in total. The Morgan fingerprint density at radius 2 is 1.84 bits per heavy atom. The molecule has 0 heterocycles. The van der Waals surface area contributed by atoms with E-state index in [0.29, 0.717) is 30.2 Å². The van der Waals surface area contributed by atoms with Gasteiger partial charge in [-0.25, -0.2) is 0 Å². The molecule has 5 nitrogen and oxygen atoms in total. The molecule has 0 unspecified atom stereocenters. The van der Waals surface area contributed by atoms with Crippen molar-refractivity contribution in [2.45, 2.75) is 63.6 Å². The van der Waals surface area contributed by atoms with Crippen LogP contribution >= 0.6 is 23.4 Å². The van der Waals surface area contributed by atoms with Gasteiger partial charge in [-0.3, -0.25) is 9.59 Å². The third kappa shape index (κ3) is 8.06. The third-order valence-electron chi connectivity index (χ3n) is 5.27. The van der Waals surface area contributed by atoms with Crippen molar-refractivity contribution in [3.63, 3.8) is 0 Å². The van der Waals surface area contributed by atoms with Crippen LogP contribution in [0.3, 0.4) is 0 Å². The van der Waals surface area contributed by atoms with Crippen molar-refractivity contribution >= 4 is 35.2 Å². The smallest absolute Gasteiger partial charge is 0.243 e. The molecule has 174 valence electrons. The highest BCUT2D eigenvalue weighted by Gasteiger charge is 2.29. The van der Waals surface area contributed by atoms with Gasteiger partial charge in [-0.15, -0.1) is 11.8 Å². The summed E-state index contributed by atoms with van der Waals surface area (Å²) < 4.78 is 5.33. The quantitative estimate of drug-likeness (QED) is 0.408. The summed E-state index contributed by atoms with van der Waals surface area (Å²) in [5.41, 5.74) is 0.929. The van der Waals surface area contributed by atoms with Gasteiger partial charge >= 0.3 is 0 Å². The molecule has 0 aliphatic heterocycles. The van der Waals surface area contributed by atoms with Crippen LogP contribution < -0.4 is 10.1 Å². The summed E-state index contributed by atoms with van der Waals surface area (Å²) in [7, 11) is 1.62. The Hall–Kier alpha value is -2.18. The Morgan fingerprint density at radius 3 is 2.47 bits per heavy atom. The normalized spacial score (nSPS) is 12.7. The van der Waals surface area contributed by atoms with Crippen molar-refractivity contribution < 1.29 is 14.3 Å². The van der Waals surface area contributed by atoms with Gasteiger partial charge in [-0.2, -0.15) is 0 Å². The van der Waals surface area contributed by atoms with Crippen LogP contribution in [-0.4, -0.2) is 41.7 Å². The molecule has 0 bridgehead atoms. The number of methoxy groups -OCH3 is 1.